The Morgan fingerprint density at radius 3 is 2.70 bits per heavy atom. The standard InChI is InChI=1S/C16H22BrNO2/c1-12-6-5-9-14(15(12)19)16(20)18(11-10-17)13-7-3-2-4-8-13/h5-6,9,13,19H,2-4,7-8,10-11H2,1H3. The average molecular weight is 340 g/mol. The van der Waals surface area contributed by atoms with Crippen LogP contribution < -0.4 is 0 Å². The minimum atomic E-state index is -0.0439. The molecule has 1 fully saturated rings. The van der Waals surface area contributed by atoms with E-state index >= 15 is 0 Å². The Morgan fingerprint density at radius 2 is 2.05 bits per heavy atom. The molecule has 0 heterocycles. The number of aromatic hydroxyl groups is 1. The highest BCUT2D eigenvalue weighted by Crippen LogP contribution is 2.28. The molecular formula is C16H22BrNO2. The van der Waals surface area contributed by atoms with Crippen LogP contribution in [0.15, 0.2) is 18.2 Å². The number of nitrogens with zero attached hydrogens (tertiary/aromatic N) is 1. The van der Waals surface area contributed by atoms with Gasteiger partial charge in [0, 0.05) is 17.9 Å². The first-order valence-corrected chi connectivity index (χ1v) is 8.43. The normalized spacial score (nSPS) is 16.1. The molecule has 2 rings (SSSR count). The molecule has 3 nitrogen and oxygen atoms in total. The molecule has 110 valence electrons. The molecular weight excluding hydrogens is 318 g/mol. The lowest BCUT2D eigenvalue weighted by Gasteiger charge is -2.34. The van der Waals surface area contributed by atoms with Crippen molar-refractivity contribution < 1.29 is 9.90 Å². The van der Waals surface area contributed by atoms with Crippen LogP contribution in [0.2, 0.25) is 0 Å². The van der Waals surface area contributed by atoms with E-state index < -0.39 is 0 Å². The number of phenolic OH excluding ortho intramolecular Hbond substituents is 1. The molecule has 0 aliphatic heterocycles. The van der Waals surface area contributed by atoms with Gasteiger partial charge in [-0.2, -0.15) is 0 Å². The summed E-state index contributed by atoms with van der Waals surface area (Å²) in [5, 5.41) is 10.9. The molecule has 1 saturated carbocycles. The highest BCUT2D eigenvalue weighted by atomic mass is 79.9. The number of hydrogen-bond acceptors (Lipinski definition) is 2. The summed E-state index contributed by atoms with van der Waals surface area (Å²) in [4.78, 5) is 14.7. The number of aryl methyl sites for hydroxylation is 1. The smallest absolute Gasteiger partial charge is 0.257 e. The monoisotopic (exact) mass is 339 g/mol. The maximum Gasteiger partial charge on any atom is 0.257 e. The Labute approximate surface area is 129 Å². The molecule has 1 aromatic carbocycles. The number of halogens is 1. The molecule has 1 aliphatic carbocycles. The van der Waals surface area contributed by atoms with Gasteiger partial charge in [0.1, 0.15) is 5.75 Å². The first kappa shape index (κ1) is 15.4. The van der Waals surface area contributed by atoms with Gasteiger partial charge in [0.05, 0.1) is 5.56 Å². The van der Waals surface area contributed by atoms with Gasteiger partial charge in [-0.25, -0.2) is 0 Å². The van der Waals surface area contributed by atoms with Crippen molar-refractivity contribution in [2.75, 3.05) is 11.9 Å². The van der Waals surface area contributed by atoms with Crippen LogP contribution in [0.5, 0.6) is 5.75 Å². The van der Waals surface area contributed by atoms with Crippen LogP contribution >= 0.6 is 15.9 Å². The van der Waals surface area contributed by atoms with E-state index in [0.717, 1.165) is 23.7 Å². The summed E-state index contributed by atoms with van der Waals surface area (Å²) >= 11 is 3.43. The predicted octanol–water partition coefficient (Wildman–Crippen LogP) is 3.87. The van der Waals surface area contributed by atoms with E-state index in [4.69, 9.17) is 0 Å². The topological polar surface area (TPSA) is 40.5 Å². The van der Waals surface area contributed by atoms with E-state index in [1.165, 1.54) is 19.3 Å². The highest BCUT2D eigenvalue weighted by molar-refractivity contribution is 9.09. The third-order valence-corrected chi connectivity index (χ3v) is 4.42. The predicted molar refractivity (Wildman–Crippen MR) is 84.5 cm³/mol. The zero-order chi connectivity index (χ0) is 14.5. The molecule has 0 aromatic heterocycles. The Hall–Kier alpha value is -1.03. The number of alkyl halides is 1. The van der Waals surface area contributed by atoms with Crippen molar-refractivity contribution in [3.8, 4) is 5.75 Å². The van der Waals surface area contributed by atoms with Crippen molar-refractivity contribution in [3.63, 3.8) is 0 Å². The van der Waals surface area contributed by atoms with E-state index in [1.54, 1.807) is 6.07 Å². The van der Waals surface area contributed by atoms with Crippen molar-refractivity contribution in [1.29, 1.82) is 0 Å². The van der Waals surface area contributed by atoms with Crippen molar-refractivity contribution in [3.05, 3.63) is 29.3 Å². The number of hydrogen-bond donors (Lipinski definition) is 1. The van der Waals surface area contributed by atoms with E-state index in [1.807, 2.05) is 24.0 Å². The number of carbonyl (C=O) groups is 1. The number of benzene rings is 1. The summed E-state index contributed by atoms with van der Waals surface area (Å²) in [6, 6.07) is 5.68. The Bertz CT molecular complexity index is 470. The summed E-state index contributed by atoms with van der Waals surface area (Å²) in [5.74, 6) is 0.0745. The Balaban J connectivity index is 2.23. The zero-order valence-electron chi connectivity index (χ0n) is 11.9. The molecule has 0 atom stereocenters. The maximum absolute atomic E-state index is 12.8. The van der Waals surface area contributed by atoms with E-state index in [-0.39, 0.29) is 11.7 Å². The van der Waals surface area contributed by atoms with Crippen molar-refractivity contribution in [2.45, 2.75) is 45.1 Å². The molecule has 20 heavy (non-hydrogen) atoms. The van der Waals surface area contributed by atoms with Gasteiger partial charge in [-0.3, -0.25) is 4.79 Å². The average Bonchev–Trinajstić information content (AvgIpc) is 2.48. The first-order valence-electron chi connectivity index (χ1n) is 7.30. The second-order valence-electron chi connectivity index (χ2n) is 5.45. The minimum Gasteiger partial charge on any atom is -0.507 e. The van der Waals surface area contributed by atoms with Gasteiger partial charge >= 0.3 is 0 Å². The number of carbonyl (C=O) groups excluding carboxylic acids is 1. The largest absolute Gasteiger partial charge is 0.507 e. The fraction of sp³-hybridized carbons (Fsp3) is 0.562. The zero-order valence-corrected chi connectivity index (χ0v) is 13.5. The van der Waals surface area contributed by atoms with E-state index in [9.17, 15) is 9.90 Å². The molecule has 0 saturated heterocycles. The molecule has 1 N–H and O–H groups in total. The molecule has 0 radical (unpaired) electrons. The van der Waals surface area contributed by atoms with E-state index in [0.29, 0.717) is 18.2 Å². The molecule has 1 aromatic rings. The van der Waals surface area contributed by atoms with Gasteiger partial charge in [0.25, 0.3) is 5.91 Å². The molecule has 1 aliphatic rings. The Kier molecular flexibility index (Phi) is 5.46. The summed E-state index contributed by atoms with van der Waals surface area (Å²) in [6.07, 6.45) is 5.80. The maximum atomic E-state index is 12.8. The highest BCUT2D eigenvalue weighted by Gasteiger charge is 2.27. The van der Waals surface area contributed by atoms with Crippen LogP contribution in [-0.4, -0.2) is 33.8 Å². The lowest BCUT2D eigenvalue weighted by Crippen LogP contribution is -2.42. The number of para-hydroxylation sites is 1. The summed E-state index contributed by atoms with van der Waals surface area (Å²) in [7, 11) is 0. The fourth-order valence-electron chi connectivity index (χ4n) is 2.92. The van der Waals surface area contributed by atoms with E-state index in [2.05, 4.69) is 15.9 Å². The van der Waals surface area contributed by atoms with Crippen LogP contribution in [0.4, 0.5) is 0 Å². The summed E-state index contributed by atoms with van der Waals surface area (Å²) < 4.78 is 0. The summed E-state index contributed by atoms with van der Waals surface area (Å²) in [5.41, 5.74) is 1.18. The molecule has 1 amide bonds. The fourth-order valence-corrected chi connectivity index (χ4v) is 3.30. The molecule has 0 unspecified atom stereocenters. The van der Waals surface area contributed by atoms with Crippen molar-refractivity contribution >= 4 is 21.8 Å². The van der Waals surface area contributed by atoms with Crippen LogP contribution in [0.25, 0.3) is 0 Å². The first-order chi connectivity index (χ1) is 9.65. The third kappa shape index (κ3) is 3.35. The molecule has 0 bridgehead atoms. The molecule has 0 spiro atoms. The SMILES string of the molecule is Cc1cccc(C(=O)N(CCBr)C2CCCCC2)c1O. The van der Waals surface area contributed by atoms with Crippen LogP contribution in [0, 0.1) is 6.92 Å². The van der Waals surface area contributed by atoms with Gasteiger partial charge < -0.3 is 10.0 Å². The summed E-state index contributed by atoms with van der Waals surface area (Å²) in [6.45, 7) is 2.51. The van der Waals surface area contributed by atoms with Gasteiger partial charge in [-0.05, 0) is 31.4 Å². The van der Waals surface area contributed by atoms with Gasteiger partial charge in [0.2, 0.25) is 0 Å². The lowest BCUT2D eigenvalue weighted by molar-refractivity contribution is 0.0648. The second kappa shape index (κ2) is 7.11. The number of rotatable bonds is 4. The molecule has 4 heteroatoms. The van der Waals surface area contributed by atoms with Crippen LogP contribution in [0.3, 0.4) is 0 Å². The van der Waals surface area contributed by atoms with Crippen LogP contribution in [-0.2, 0) is 0 Å². The van der Waals surface area contributed by atoms with Gasteiger partial charge in [-0.1, -0.05) is 47.3 Å². The minimum absolute atomic E-state index is 0.0439. The second-order valence-corrected chi connectivity index (χ2v) is 6.24. The number of phenols is 1. The third-order valence-electron chi connectivity index (χ3n) is 4.07. The quantitative estimate of drug-likeness (QED) is 0.846. The lowest BCUT2D eigenvalue weighted by atomic mass is 9.93. The van der Waals surface area contributed by atoms with Crippen molar-refractivity contribution in [1.82, 2.24) is 4.90 Å². The number of amides is 1. The Morgan fingerprint density at radius 1 is 1.35 bits per heavy atom. The van der Waals surface area contributed by atoms with Crippen molar-refractivity contribution in [2.24, 2.45) is 0 Å². The van der Waals surface area contributed by atoms with Crippen LogP contribution in [0.1, 0.15) is 48.0 Å². The van der Waals surface area contributed by atoms with Gasteiger partial charge in [0.15, 0.2) is 0 Å². The van der Waals surface area contributed by atoms with Gasteiger partial charge in [-0.15, -0.1) is 0 Å².